The minimum Gasteiger partial charge on any atom is -0.493 e. The van der Waals surface area contributed by atoms with Crippen LogP contribution >= 0.6 is 0 Å². The van der Waals surface area contributed by atoms with Crippen molar-refractivity contribution in [2.75, 3.05) is 14.2 Å². The van der Waals surface area contributed by atoms with Gasteiger partial charge in [-0.1, -0.05) is 6.07 Å². The van der Waals surface area contributed by atoms with Crippen molar-refractivity contribution >= 4 is 21.9 Å². The maximum Gasteiger partial charge on any atom is 0.238 e. The van der Waals surface area contributed by atoms with Crippen LogP contribution in [0.25, 0.3) is 0 Å². The molecule has 0 heterocycles. The predicted molar refractivity (Wildman–Crippen MR) is 84.6 cm³/mol. The van der Waals surface area contributed by atoms with E-state index in [1.807, 2.05) is 12.1 Å². The third-order valence-electron chi connectivity index (χ3n) is 2.95. The highest BCUT2D eigenvalue weighted by atomic mass is 32.2. The summed E-state index contributed by atoms with van der Waals surface area (Å²) < 4.78 is 32.9. The number of ether oxygens (including phenoxy) is 2. The molecule has 0 spiro atoms. The van der Waals surface area contributed by atoms with Gasteiger partial charge in [-0.2, -0.15) is 0 Å². The molecule has 6 nitrogen and oxygen atoms in total. The lowest BCUT2D eigenvalue weighted by atomic mass is 10.2. The van der Waals surface area contributed by atoms with Gasteiger partial charge in [-0.05, 0) is 36.4 Å². The fourth-order valence-electron chi connectivity index (χ4n) is 1.88. The van der Waals surface area contributed by atoms with E-state index in [9.17, 15) is 8.42 Å². The van der Waals surface area contributed by atoms with Crippen molar-refractivity contribution < 1.29 is 17.9 Å². The van der Waals surface area contributed by atoms with E-state index in [1.54, 1.807) is 38.6 Å². The summed E-state index contributed by atoms with van der Waals surface area (Å²) in [5, 5.41) is 5.05. The second-order valence-electron chi connectivity index (χ2n) is 4.38. The molecule has 0 unspecified atom stereocenters. The van der Waals surface area contributed by atoms with Gasteiger partial charge in [0.1, 0.15) is 0 Å². The van der Waals surface area contributed by atoms with Crippen molar-refractivity contribution in [1.29, 1.82) is 0 Å². The number of sulfonamides is 1. The Balaban J connectivity index is 2.29. The van der Waals surface area contributed by atoms with E-state index in [1.165, 1.54) is 12.1 Å². The molecule has 22 heavy (non-hydrogen) atoms. The molecule has 7 heteroatoms. The summed E-state index contributed by atoms with van der Waals surface area (Å²) in [6.07, 6.45) is 1.62. The van der Waals surface area contributed by atoms with Crippen molar-refractivity contribution in [3.05, 3.63) is 48.0 Å². The Morgan fingerprint density at radius 2 is 1.73 bits per heavy atom. The molecule has 0 aliphatic carbocycles. The largest absolute Gasteiger partial charge is 0.493 e. The SMILES string of the molecule is COc1cccc(C=Nc2ccc(S(N)(=O)=O)cc2)c1OC. The molecular weight excluding hydrogens is 304 g/mol. The van der Waals surface area contributed by atoms with E-state index >= 15 is 0 Å². The van der Waals surface area contributed by atoms with Gasteiger partial charge in [0.25, 0.3) is 0 Å². The van der Waals surface area contributed by atoms with Gasteiger partial charge in [-0.15, -0.1) is 0 Å². The van der Waals surface area contributed by atoms with Crippen LogP contribution < -0.4 is 14.6 Å². The number of nitrogens with two attached hydrogens (primary N) is 1. The Bertz CT molecular complexity index is 784. The first-order chi connectivity index (χ1) is 10.5. The molecule has 116 valence electrons. The monoisotopic (exact) mass is 320 g/mol. The topological polar surface area (TPSA) is 91.0 Å². The Morgan fingerprint density at radius 3 is 2.27 bits per heavy atom. The fraction of sp³-hybridized carbons (Fsp3) is 0.133. The summed E-state index contributed by atoms with van der Waals surface area (Å²) in [4.78, 5) is 4.33. The van der Waals surface area contributed by atoms with E-state index in [-0.39, 0.29) is 4.90 Å². The van der Waals surface area contributed by atoms with Crippen LogP contribution in [0.4, 0.5) is 5.69 Å². The summed E-state index contributed by atoms with van der Waals surface area (Å²) >= 11 is 0. The van der Waals surface area contributed by atoms with Crippen LogP contribution in [0.15, 0.2) is 52.4 Å². The molecule has 0 saturated carbocycles. The van der Waals surface area contributed by atoms with Crippen molar-refractivity contribution in [1.82, 2.24) is 0 Å². The molecule has 0 aliphatic rings. The van der Waals surface area contributed by atoms with E-state index < -0.39 is 10.0 Å². The predicted octanol–water partition coefficient (Wildman–Crippen LogP) is 2.10. The summed E-state index contributed by atoms with van der Waals surface area (Å²) in [5.74, 6) is 1.19. The van der Waals surface area contributed by atoms with Crippen molar-refractivity contribution in [2.24, 2.45) is 10.1 Å². The lowest BCUT2D eigenvalue weighted by molar-refractivity contribution is 0.354. The lowest BCUT2D eigenvalue weighted by Gasteiger charge is -2.09. The number of methoxy groups -OCH3 is 2. The van der Waals surface area contributed by atoms with Gasteiger partial charge in [-0.3, -0.25) is 4.99 Å². The number of hydrogen-bond acceptors (Lipinski definition) is 5. The van der Waals surface area contributed by atoms with Crippen LogP contribution in [-0.2, 0) is 10.0 Å². The van der Waals surface area contributed by atoms with E-state index in [2.05, 4.69) is 4.99 Å². The van der Waals surface area contributed by atoms with Gasteiger partial charge in [0.05, 0.1) is 24.8 Å². The van der Waals surface area contributed by atoms with Gasteiger partial charge in [0, 0.05) is 11.8 Å². The van der Waals surface area contributed by atoms with E-state index in [0.717, 1.165) is 5.56 Å². The van der Waals surface area contributed by atoms with Crippen LogP contribution in [0.5, 0.6) is 11.5 Å². The maximum atomic E-state index is 11.2. The number of hydrogen-bond donors (Lipinski definition) is 1. The molecule has 0 amide bonds. The number of benzene rings is 2. The highest BCUT2D eigenvalue weighted by Crippen LogP contribution is 2.29. The lowest BCUT2D eigenvalue weighted by Crippen LogP contribution is -2.11. The first kappa shape index (κ1) is 16.0. The van der Waals surface area contributed by atoms with Gasteiger partial charge < -0.3 is 9.47 Å². The highest BCUT2D eigenvalue weighted by molar-refractivity contribution is 7.89. The molecule has 2 rings (SSSR count). The van der Waals surface area contributed by atoms with E-state index in [4.69, 9.17) is 14.6 Å². The molecule has 0 radical (unpaired) electrons. The van der Waals surface area contributed by atoms with Crippen LogP contribution in [-0.4, -0.2) is 28.9 Å². The zero-order valence-electron chi connectivity index (χ0n) is 12.2. The minimum absolute atomic E-state index is 0.0467. The Hall–Kier alpha value is -2.38. The quantitative estimate of drug-likeness (QED) is 0.854. The van der Waals surface area contributed by atoms with Crippen molar-refractivity contribution in [2.45, 2.75) is 4.90 Å². The number of primary sulfonamides is 1. The van der Waals surface area contributed by atoms with Crippen molar-refractivity contribution in [3.8, 4) is 11.5 Å². The molecule has 2 aromatic carbocycles. The smallest absolute Gasteiger partial charge is 0.238 e. The zero-order valence-corrected chi connectivity index (χ0v) is 13.0. The van der Waals surface area contributed by atoms with Gasteiger partial charge in [-0.25, -0.2) is 13.6 Å². The van der Waals surface area contributed by atoms with Gasteiger partial charge in [0.15, 0.2) is 11.5 Å². The summed E-state index contributed by atoms with van der Waals surface area (Å²) in [5.41, 5.74) is 1.34. The Labute approximate surface area is 129 Å². The Morgan fingerprint density at radius 1 is 1.05 bits per heavy atom. The number of rotatable bonds is 5. The van der Waals surface area contributed by atoms with Crippen molar-refractivity contribution in [3.63, 3.8) is 0 Å². The standard InChI is InChI=1S/C15H16N2O4S/c1-20-14-5-3-4-11(15(14)21-2)10-17-12-6-8-13(9-7-12)22(16,18)19/h3-10H,1-2H3,(H2,16,18,19). The zero-order chi connectivity index (χ0) is 16.2. The molecule has 0 fully saturated rings. The first-order valence-electron chi connectivity index (χ1n) is 6.33. The average Bonchev–Trinajstić information content (AvgIpc) is 2.51. The highest BCUT2D eigenvalue weighted by Gasteiger charge is 2.08. The molecular formula is C15H16N2O4S. The number of nitrogens with zero attached hydrogens (tertiary/aromatic N) is 1. The van der Waals surface area contributed by atoms with Crippen LogP contribution in [0, 0.1) is 0 Å². The summed E-state index contributed by atoms with van der Waals surface area (Å²) in [6.45, 7) is 0. The molecule has 2 aromatic rings. The van der Waals surface area contributed by atoms with Crippen LogP contribution in [0.2, 0.25) is 0 Å². The molecule has 2 N–H and O–H groups in total. The molecule has 0 atom stereocenters. The number of aliphatic imine (C=N–C) groups is 1. The number of para-hydroxylation sites is 1. The van der Waals surface area contributed by atoms with Gasteiger partial charge in [0.2, 0.25) is 10.0 Å². The summed E-state index contributed by atoms with van der Waals surface area (Å²) in [6, 6.07) is 11.4. The normalized spacial score (nSPS) is 11.6. The first-order valence-corrected chi connectivity index (χ1v) is 7.88. The average molecular weight is 320 g/mol. The molecule has 0 saturated heterocycles. The minimum atomic E-state index is -3.69. The van der Waals surface area contributed by atoms with E-state index in [0.29, 0.717) is 17.2 Å². The second-order valence-corrected chi connectivity index (χ2v) is 5.94. The third kappa shape index (κ3) is 3.63. The Kier molecular flexibility index (Phi) is 4.79. The van der Waals surface area contributed by atoms with Crippen LogP contribution in [0.1, 0.15) is 5.56 Å². The third-order valence-corrected chi connectivity index (χ3v) is 3.88. The summed E-state index contributed by atoms with van der Waals surface area (Å²) in [7, 11) is -0.583. The van der Waals surface area contributed by atoms with Gasteiger partial charge >= 0.3 is 0 Å². The molecule has 0 aliphatic heterocycles. The fourth-order valence-corrected chi connectivity index (χ4v) is 2.40. The van der Waals surface area contributed by atoms with Crippen LogP contribution in [0.3, 0.4) is 0 Å². The molecule has 0 bridgehead atoms. The maximum absolute atomic E-state index is 11.2. The second kappa shape index (κ2) is 6.59. The molecule has 0 aromatic heterocycles.